The summed E-state index contributed by atoms with van der Waals surface area (Å²) in [4.78, 5) is 46.5. The molecule has 204 valence electrons. The molecule has 0 aliphatic carbocycles. The van der Waals surface area contributed by atoms with E-state index in [0.717, 1.165) is 11.6 Å². The number of carbonyl (C=O) groups excluding carboxylic acids is 3. The third kappa shape index (κ3) is 5.14. The molecule has 2 amide bonds. The fourth-order valence-electron chi connectivity index (χ4n) is 4.49. The molecule has 2 aromatic carbocycles. The molecule has 0 atom stereocenters. The smallest absolute Gasteiger partial charge is 0.345 e. The Morgan fingerprint density at radius 1 is 1.03 bits per heavy atom. The highest BCUT2D eigenvalue weighted by Crippen LogP contribution is 2.33. The van der Waals surface area contributed by atoms with E-state index in [-0.39, 0.29) is 22.5 Å². The second kappa shape index (κ2) is 9.68. The van der Waals surface area contributed by atoms with Crippen LogP contribution in [0.5, 0.6) is 0 Å². The molecule has 0 bridgehead atoms. The van der Waals surface area contributed by atoms with Gasteiger partial charge in [0, 0.05) is 18.4 Å². The van der Waals surface area contributed by atoms with Gasteiger partial charge in [0.15, 0.2) is 0 Å². The maximum Gasteiger partial charge on any atom is 0.419 e. The van der Waals surface area contributed by atoms with Gasteiger partial charge in [0.05, 0.1) is 34.0 Å². The van der Waals surface area contributed by atoms with Crippen LogP contribution in [0.1, 0.15) is 57.1 Å². The topological polar surface area (TPSA) is 109 Å². The van der Waals surface area contributed by atoms with Crippen LogP contribution < -0.4 is 10.6 Å². The van der Waals surface area contributed by atoms with Crippen molar-refractivity contribution >= 4 is 34.3 Å². The van der Waals surface area contributed by atoms with E-state index in [9.17, 15) is 31.9 Å². The van der Waals surface area contributed by atoms with E-state index in [4.69, 9.17) is 0 Å². The first-order valence-electron chi connectivity index (χ1n) is 11.8. The SMILES string of the molecule is Cc1c(C(=O)C(=O)NC(C)(C)c2ccc3[nH]cnc3c2)c(C)n(C)c1C(=O)Nc1ccc(F)c(C(F)(F)F)c1. The number of H-pyrrole nitrogens is 1. The van der Waals surface area contributed by atoms with Crippen LogP contribution in [0, 0.1) is 19.7 Å². The Morgan fingerprint density at radius 3 is 2.38 bits per heavy atom. The van der Waals surface area contributed by atoms with E-state index in [2.05, 4.69) is 20.6 Å². The van der Waals surface area contributed by atoms with Gasteiger partial charge in [0.1, 0.15) is 11.5 Å². The standard InChI is InChI=1S/C27H25F4N5O3/c1-13-21(23(37)25(39)35-26(3,4)15-6-9-19-20(10-15)33-12-32-19)14(2)36(5)22(13)24(38)34-16-7-8-18(28)17(11-16)27(29,30)31/h6-12H,1-5H3,(H,32,33)(H,34,38)(H,35,39). The molecule has 8 nitrogen and oxygen atoms in total. The van der Waals surface area contributed by atoms with Crippen molar-refractivity contribution in [1.82, 2.24) is 19.9 Å². The Morgan fingerprint density at radius 2 is 1.72 bits per heavy atom. The summed E-state index contributed by atoms with van der Waals surface area (Å²) < 4.78 is 54.3. The predicted molar refractivity (Wildman–Crippen MR) is 136 cm³/mol. The Labute approximate surface area is 220 Å². The van der Waals surface area contributed by atoms with Gasteiger partial charge in [-0.05, 0) is 69.2 Å². The molecule has 39 heavy (non-hydrogen) atoms. The van der Waals surface area contributed by atoms with Gasteiger partial charge in [0.2, 0.25) is 0 Å². The summed E-state index contributed by atoms with van der Waals surface area (Å²) in [6, 6.07) is 7.48. The molecule has 12 heteroatoms. The number of carbonyl (C=O) groups is 3. The third-order valence-corrected chi connectivity index (χ3v) is 6.68. The second-order valence-electron chi connectivity index (χ2n) is 9.68. The number of anilines is 1. The first-order valence-corrected chi connectivity index (χ1v) is 11.8. The number of halogens is 4. The zero-order chi connectivity index (χ0) is 28.9. The van der Waals surface area contributed by atoms with Gasteiger partial charge in [-0.1, -0.05) is 6.07 Å². The average molecular weight is 544 g/mol. The summed E-state index contributed by atoms with van der Waals surface area (Å²) in [5, 5.41) is 5.04. The lowest BCUT2D eigenvalue weighted by Gasteiger charge is -2.26. The maximum atomic E-state index is 13.6. The number of nitrogens with zero attached hydrogens (tertiary/aromatic N) is 2. The third-order valence-electron chi connectivity index (χ3n) is 6.68. The van der Waals surface area contributed by atoms with Crippen molar-refractivity contribution < 1.29 is 31.9 Å². The summed E-state index contributed by atoms with van der Waals surface area (Å²) in [6.45, 7) is 6.46. The van der Waals surface area contributed by atoms with Crippen molar-refractivity contribution in [1.29, 1.82) is 0 Å². The van der Waals surface area contributed by atoms with Crippen molar-refractivity contribution in [3.63, 3.8) is 0 Å². The van der Waals surface area contributed by atoms with Gasteiger partial charge >= 0.3 is 6.18 Å². The maximum absolute atomic E-state index is 13.6. The number of hydrogen-bond donors (Lipinski definition) is 3. The van der Waals surface area contributed by atoms with E-state index in [1.807, 2.05) is 6.07 Å². The zero-order valence-corrected chi connectivity index (χ0v) is 21.7. The van der Waals surface area contributed by atoms with Crippen LogP contribution in [0.15, 0.2) is 42.7 Å². The number of rotatable bonds is 6. The number of ketones is 1. The van der Waals surface area contributed by atoms with Crippen LogP contribution in [0.4, 0.5) is 23.2 Å². The molecule has 3 N–H and O–H groups in total. The van der Waals surface area contributed by atoms with E-state index < -0.39 is 40.7 Å². The van der Waals surface area contributed by atoms with Crippen LogP contribution in [-0.2, 0) is 23.6 Å². The lowest BCUT2D eigenvalue weighted by atomic mass is 9.93. The number of hydrogen-bond acceptors (Lipinski definition) is 4. The Bertz CT molecular complexity index is 1630. The molecule has 4 rings (SSSR count). The van der Waals surface area contributed by atoms with Crippen molar-refractivity contribution in [2.75, 3.05) is 5.32 Å². The summed E-state index contributed by atoms with van der Waals surface area (Å²) in [5.74, 6) is -4.09. The fourth-order valence-corrected chi connectivity index (χ4v) is 4.49. The van der Waals surface area contributed by atoms with Gasteiger partial charge in [-0.15, -0.1) is 0 Å². The first kappa shape index (κ1) is 27.6. The summed E-state index contributed by atoms with van der Waals surface area (Å²) in [7, 11) is 1.49. The average Bonchev–Trinajstić information content (AvgIpc) is 3.40. The van der Waals surface area contributed by atoms with Crippen molar-refractivity contribution in [2.45, 2.75) is 39.4 Å². The van der Waals surface area contributed by atoms with Crippen LogP contribution in [0.2, 0.25) is 0 Å². The van der Waals surface area contributed by atoms with Crippen LogP contribution in [0.3, 0.4) is 0 Å². The lowest BCUT2D eigenvalue weighted by Crippen LogP contribution is -2.44. The van der Waals surface area contributed by atoms with E-state index in [0.29, 0.717) is 28.9 Å². The van der Waals surface area contributed by atoms with Gasteiger partial charge in [0.25, 0.3) is 17.6 Å². The number of Topliss-reactive ketones (excluding diaryl/α,β-unsaturated/α-hetero) is 1. The molecular weight excluding hydrogens is 518 g/mol. The molecule has 0 spiro atoms. The molecule has 0 aliphatic heterocycles. The van der Waals surface area contributed by atoms with Gasteiger partial charge in [-0.25, -0.2) is 9.37 Å². The number of fused-ring (bicyclic) bond motifs is 1. The number of aromatic amines is 1. The van der Waals surface area contributed by atoms with Crippen molar-refractivity contribution in [2.24, 2.45) is 7.05 Å². The molecular formula is C27H25F4N5O3. The summed E-state index contributed by atoms with van der Waals surface area (Å²) in [5.41, 5.74) is -0.111. The normalized spacial score (nSPS) is 12.0. The molecule has 0 unspecified atom stereocenters. The first-order chi connectivity index (χ1) is 18.1. The molecule has 4 aromatic rings. The molecule has 2 aromatic heterocycles. The Balaban J connectivity index is 1.59. The quantitative estimate of drug-likeness (QED) is 0.177. The van der Waals surface area contributed by atoms with Gasteiger partial charge < -0.3 is 20.2 Å². The van der Waals surface area contributed by atoms with Crippen LogP contribution >= 0.6 is 0 Å². The fraction of sp³-hybridized carbons (Fsp3) is 0.259. The van der Waals surface area contributed by atoms with Gasteiger partial charge in [-0.2, -0.15) is 13.2 Å². The Kier molecular flexibility index (Phi) is 6.84. The minimum absolute atomic E-state index is 0.00575. The monoisotopic (exact) mass is 543 g/mol. The van der Waals surface area contributed by atoms with Gasteiger partial charge in [-0.3, -0.25) is 14.4 Å². The molecule has 0 fully saturated rings. The molecule has 0 saturated carbocycles. The molecule has 0 saturated heterocycles. The predicted octanol–water partition coefficient (Wildman–Crippen LogP) is 5.16. The zero-order valence-electron chi connectivity index (χ0n) is 21.7. The molecule has 0 radical (unpaired) electrons. The number of aromatic nitrogens is 3. The Hall–Kier alpha value is -4.48. The largest absolute Gasteiger partial charge is 0.419 e. The van der Waals surface area contributed by atoms with Crippen LogP contribution in [0.25, 0.3) is 11.0 Å². The number of alkyl halides is 3. The number of benzene rings is 2. The van der Waals surface area contributed by atoms with E-state index in [1.165, 1.54) is 18.5 Å². The minimum Gasteiger partial charge on any atom is -0.345 e. The van der Waals surface area contributed by atoms with Crippen molar-refractivity contribution in [3.8, 4) is 0 Å². The summed E-state index contributed by atoms with van der Waals surface area (Å²) in [6.07, 6.45) is -3.41. The highest BCUT2D eigenvalue weighted by molar-refractivity contribution is 6.43. The van der Waals surface area contributed by atoms with Crippen LogP contribution in [-0.4, -0.2) is 32.1 Å². The van der Waals surface area contributed by atoms with E-state index >= 15 is 0 Å². The number of nitrogens with one attached hydrogen (secondary N) is 3. The van der Waals surface area contributed by atoms with E-state index in [1.54, 1.807) is 39.2 Å². The highest BCUT2D eigenvalue weighted by atomic mass is 19.4. The number of amides is 2. The molecule has 0 aliphatic rings. The highest BCUT2D eigenvalue weighted by Gasteiger charge is 2.35. The second-order valence-corrected chi connectivity index (χ2v) is 9.68. The number of imidazole rings is 1. The minimum atomic E-state index is -4.95. The lowest BCUT2D eigenvalue weighted by molar-refractivity contribution is -0.140. The summed E-state index contributed by atoms with van der Waals surface area (Å²) >= 11 is 0. The molecule has 2 heterocycles. The van der Waals surface area contributed by atoms with Crippen molar-refractivity contribution in [3.05, 3.63) is 82.2 Å².